The van der Waals surface area contributed by atoms with Crippen LogP contribution in [0.25, 0.3) is 0 Å². The molecule has 11 atom stereocenters. The van der Waals surface area contributed by atoms with Crippen molar-refractivity contribution in [2.75, 3.05) is 6.61 Å². The molecule has 1 heterocycles. The average Bonchev–Trinajstić information content (AvgIpc) is 3.80. The summed E-state index contributed by atoms with van der Waals surface area (Å²) in [5.41, 5.74) is -0.200. The zero-order valence-electron chi connectivity index (χ0n) is 25.8. The van der Waals surface area contributed by atoms with Gasteiger partial charge < -0.3 is 19.9 Å². The molecule has 6 aliphatic carbocycles. The zero-order chi connectivity index (χ0) is 28.5. The van der Waals surface area contributed by atoms with E-state index in [4.69, 9.17) is 9.47 Å². The first-order chi connectivity index (χ1) is 18.7. The number of carboxylic acid groups (broad SMARTS) is 1. The Kier molecular flexibility index (Phi) is 5.79. The number of fused-ring (bicyclic) bond motifs is 7. The summed E-state index contributed by atoms with van der Waals surface area (Å²) in [6.07, 6.45) is 12.3. The van der Waals surface area contributed by atoms with E-state index in [2.05, 4.69) is 46.9 Å². The third kappa shape index (κ3) is 3.49. The molecule has 40 heavy (non-hydrogen) atoms. The monoisotopic (exact) mass is 555 g/mol. The SMILES string of the molecule is CC1(C)[C@H](OC(=O)NC2CC2)CC[C@]2(C)[C@H]3CC[C@@H]4[C@H]5[C@H]([C@@]6(C)CO6)CC[C@]5(C(=O)O)CC[C@@]4(C)[C@]3(C)CC[C@@H]12. The second-order valence-electron chi connectivity index (χ2n) is 17.1. The number of carbonyl (C=O) groups excluding carboxylic acids is 1. The van der Waals surface area contributed by atoms with Gasteiger partial charge in [0.2, 0.25) is 0 Å². The zero-order valence-corrected chi connectivity index (χ0v) is 25.8. The second kappa shape index (κ2) is 8.41. The maximum Gasteiger partial charge on any atom is 0.407 e. The van der Waals surface area contributed by atoms with Gasteiger partial charge in [0.1, 0.15) is 6.10 Å². The summed E-state index contributed by atoms with van der Waals surface area (Å²) in [6, 6.07) is 0.319. The Hall–Kier alpha value is -1.30. The van der Waals surface area contributed by atoms with E-state index in [0.29, 0.717) is 29.7 Å². The molecule has 7 fully saturated rings. The van der Waals surface area contributed by atoms with Gasteiger partial charge in [-0.15, -0.1) is 0 Å². The van der Waals surface area contributed by atoms with Crippen molar-refractivity contribution in [1.29, 1.82) is 0 Å². The van der Waals surface area contributed by atoms with Crippen molar-refractivity contribution in [1.82, 2.24) is 5.32 Å². The maximum atomic E-state index is 13.0. The van der Waals surface area contributed by atoms with E-state index in [1.807, 2.05) is 0 Å². The Morgan fingerprint density at radius 1 is 0.775 bits per heavy atom. The standard InChI is InChI=1S/C34H53NO5/c1-29(2)23-12-15-32(5)24(30(23,3)14-13-25(29)40-28(38)35-20-7-8-20)10-9-21-26-22(33(6)19-39-33)11-16-34(26,27(36)37)18-17-31(21,32)4/h20-26H,7-19H2,1-6H3,(H,35,38)(H,36,37)/t21-,22-,23+,24-,25-,26+,30+,31-,32-,33-,34+/m1/s1. The molecule has 6 nitrogen and oxygen atoms in total. The lowest BCUT2D eigenvalue weighted by Crippen LogP contribution is -2.67. The van der Waals surface area contributed by atoms with Crippen LogP contribution >= 0.6 is 0 Å². The minimum Gasteiger partial charge on any atom is -0.481 e. The minimum absolute atomic E-state index is 0.0370. The molecule has 7 rings (SSSR count). The number of nitrogens with one attached hydrogen (secondary N) is 1. The fourth-order valence-electron chi connectivity index (χ4n) is 12.7. The number of ether oxygens (including phenoxy) is 2. The van der Waals surface area contributed by atoms with Crippen LogP contribution in [-0.2, 0) is 14.3 Å². The van der Waals surface area contributed by atoms with E-state index in [1.54, 1.807) is 0 Å². The molecule has 1 aliphatic heterocycles. The molecule has 6 saturated carbocycles. The first-order valence-electron chi connectivity index (χ1n) is 16.6. The molecule has 0 radical (unpaired) electrons. The van der Waals surface area contributed by atoms with Crippen LogP contribution in [0.2, 0.25) is 0 Å². The van der Waals surface area contributed by atoms with Crippen LogP contribution in [0.5, 0.6) is 0 Å². The number of carbonyl (C=O) groups is 2. The Morgan fingerprint density at radius 3 is 2.15 bits per heavy atom. The van der Waals surface area contributed by atoms with Gasteiger partial charge >= 0.3 is 12.1 Å². The van der Waals surface area contributed by atoms with Crippen molar-refractivity contribution < 1.29 is 24.2 Å². The number of alkyl carbamates (subject to hydrolysis) is 1. The van der Waals surface area contributed by atoms with Gasteiger partial charge in [-0.25, -0.2) is 4.79 Å². The van der Waals surface area contributed by atoms with Crippen LogP contribution in [0.3, 0.4) is 0 Å². The van der Waals surface area contributed by atoms with Crippen LogP contribution in [0.1, 0.15) is 119 Å². The highest BCUT2D eigenvalue weighted by molar-refractivity contribution is 5.76. The molecule has 1 amide bonds. The van der Waals surface area contributed by atoms with Gasteiger partial charge in [-0.3, -0.25) is 4.79 Å². The van der Waals surface area contributed by atoms with Crippen molar-refractivity contribution in [2.45, 2.75) is 136 Å². The molecule has 7 aliphatic rings. The van der Waals surface area contributed by atoms with Gasteiger partial charge in [-0.2, -0.15) is 0 Å². The first kappa shape index (κ1) is 27.5. The van der Waals surface area contributed by atoms with E-state index >= 15 is 0 Å². The van der Waals surface area contributed by atoms with E-state index in [-0.39, 0.29) is 45.4 Å². The molecule has 1 saturated heterocycles. The normalized spacial score (nSPS) is 54.2. The molecule has 0 bridgehead atoms. The Labute approximate surface area is 241 Å². The van der Waals surface area contributed by atoms with Crippen LogP contribution in [0.4, 0.5) is 4.79 Å². The minimum atomic E-state index is -0.563. The highest BCUT2D eigenvalue weighted by atomic mass is 16.6. The number of hydrogen-bond donors (Lipinski definition) is 2. The molecular weight excluding hydrogens is 502 g/mol. The predicted molar refractivity (Wildman–Crippen MR) is 153 cm³/mol. The summed E-state index contributed by atoms with van der Waals surface area (Å²) in [4.78, 5) is 25.6. The summed E-state index contributed by atoms with van der Waals surface area (Å²) in [5, 5.41) is 13.7. The second-order valence-corrected chi connectivity index (χ2v) is 17.1. The highest BCUT2D eigenvalue weighted by Gasteiger charge is 2.74. The lowest BCUT2D eigenvalue weighted by atomic mass is 9.32. The van der Waals surface area contributed by atoms with Gasteiger partial charge in [0.25, 0.3) is 0 Å². The molecule has 2 N–H and O–H groups in total. The van der Waals surface area contributed by atoms with Crippen molar-refractivity contribution in [3.63, 3.8) is 0 Å². The third-order valence-corrected chi connectivity index (χ3v) is 15.3. The van der Waals surface area contributed by atoms with Crippen LogP contribution in [0.15, 0.2) is 0 Å². The number of carboxylic acids is 1. The van der Waals surface area contributed by atoms with E-state index in [1.165, 1.54) is 19.3 Å². The van der Waals surface area contributed by atoms with Gasteiger partial charge in [0.15, 0.2) is 0 Å². The number of hydrogen-bond acceptors (Lipinski definition) is 4. The molecule has 0 aromatic heterocycles. The third-order valence-electron chi connectivity index (χ3n) is 15.3. The van der Waals surface area contributed by atoms with E-state index < -0.39 is 11.4 Å². The maximum absolute atomic E-state index is 13.0. The quantitative estimate of drug-likeness (QED) is 0.358. The van der Waals surface area contributed by atoms with E-state index in [0.717, 1.165) is 64.4 Å². The molecule has 0 unspecified atom stereocenters. The topological polar surface area (TPSA) is 88.2 Å². The van der Waals surface area contributed by atoms with Gasteiger partial charge in [0.05, 0.1) is 17.6 Å². The number of epoxide rings is 1. The van der Waals surface area contributed by atoms with Crippen molar-refractivity contribution in [3.05, 3.63) is 0 Å². The molecular formula is C34H53NO5. The Balaban J connectivity index is 1.19. The number of rotatable bonds is 4. The first-order valence-corrected chi connectivity index (χ1v) is 16.6. The van der Waals surface area contributed by atoms with Crippen molar-refractivity contribution in [2.24, 2.45) is 56.7 Å². The Bertz CT molecular complexity index is 1100. The van der Waals surface area contributed by atoms with Crippen LogP contribution in [-0.4, -0.2) is 41.5 Å². The highest BCUT2D eigenvalue weighted by Crippen LogP contribution is 2.78. The fourth-order valence-corrected chi connectivity index (χ4v) is 12.7. The van der Waals surface area contributed by atoms with Crippen molar-refractivity contribution >= 4 is 12.1 Å². The summed E-state index contributed by atoms with van der Waals surface area (Å²) >= 11 is 0. The van der Waals surface area contributed by atoms with Gasteiger partial charge in [-0.05, 0) is 130 Å². The van der Waals surface area contributed by atoms with Gasteiger partial charge in [0, 0.05) is 11.5 Å². The molecule has 0 aromatic rings. The summed E-state index contributed by atoms with van der Waals surface area (Å²) in [7, 11) is 0. The number of amides is 1. The molecule has 6 heteroatoms. The summed E-state index contributed by atoms with van der Waals surface area (Å²) in [5.74, 6) is 1.64. The Morgan fingerprint density at radius 2 is 1.50 bits per heavy atom. The average molecular weight is 556 g/mol. The van der Waals surface area contributed by atoms with Crippen molar-refractivity contribution in [3.8, 4) is 0 Å². The van der Waals surface area contributed by atoms with Crippen LogP contribution in [0, 0.1) is 56.7 Å². The van der Waals surface area contributed by atoms with Crippen LogP contribution < -0.4 is 5.32 Å². The molecule has 0 spiro atoms. The lowest BCUT2D eigenvalue weighted by Gasteiger charge is -2.72. The van der Waals surface area contributed by atoms with E-state index in [9.17, 15) is 14.7 Å². The largest absolute Gasteiger partial charge is 0.481 e. The summed E-state index contributed by atoms with van der Waals surface area (Å²) in [6.45, 7) is 15.5. The smallest absolute Gasteiger partial charge is 0.407 e. The lowest BCUT2D eigenvalue weighted by molar-refractivity contribution is -0.249. The molecule has 224 valence electrons. The summed E-state index contributed by atoms with van der Waals surface area (Å²) < 4.78 is 12.2. The fraction of sp³-hybridized carbons (Fsp3) is 0.941. The molecule has 0 aromatic carbocycles. The number of aliphatic carboxylic acids is 1. The predicted octanol–water partition coefficient (Wildman–Crippen LogP) is 7.20. The van der Waals surface area contributed by atoms with Gasteiger partial charge in [-0.1, -0.05) is 34.6 Å².